The van der Waals surface area contributed by atoms with Crippen LogP contribution < -0.4 is 11.3 Å². The number of imidazole rings is 1. The van der Waals surface area contributed by atoms with Gasteiger partial charge in [-0.2, -0.15) is 5.10 Å². The maximum atomic E-state index is 16.1. The lowest BCUT2D eigenvalue weighted by Gasteiger charge is -2.69. The zero-order valence-corrected chi connectivity index (χ0v) is 19.0. The minimum Gasteiger partial charge on any atom is -0.390 e. The van der Waals surface area contributed by atoms with Crippen LogP contribution in [0, 0.1) is 11.2 Å². The minimum atomic E-state index is -0.757. The summed E-state index contributed by atoms with van der Waals surface area (Å²) >= 11 is 0. The summed E-state index contributed by atoms with van der Waals surface area (Å²) in [5.41, 5.74) is 6.20. The number of anilines is 1. The van der Waals surface area contributed by atoms with Gasteiger partial charge in [0.1, 0.15) is 29.2 Å². The highest BCUT2D eigenvalue weighted by Gasteiger charge is 2.66. The number of hydrogen-bond acceptors (Lipinski definition) is 6. The molecule has 8 nitrogen and oxygen atoms in total. The number of fused-ring (bicyclic) bond motifs is 2. The van der Waals surface area contributed by atoms with E-state index in [1.165, 1.54) is 6.33 Å². The van der Waals surface area contributed by atoms with E-state index in [4.69, 9.17) is 10.7 Å². The van der Waals surface area contributed by atoms with Crippen molar-refractivity contribution in [2.45, 2.75) is 63.0 Å². The Bertz CT molecular complexity index is 1580. The Hall–Kier alpha value is -3.33. The first-order valence-electron chi connectivity index (χ1n) is 11.7. The average molecular weight is 461 g/mol. The topological polar surface area (TPSA) is 111 Å². The number of pyridine rings is 1. The Balaban J connectivity index is 1.43. The van der Waals surface area contributed by atoms with Crippen LogP contribution in [0.15, 0.2) is 35.5 Å². The molecule has 4 aliphatic rings. The van der Waals surface area contributed by atoms with Gasteiger partial charge in [-0.15, -0.1) is 0 Å². The Labute approximate surface area is 194 Å². The van der Waals surface area contributed by atoms with Gasteiger partial charge in [-0.1, -0.05) is 13.0 Å². The largest absolute Gasteiger partial charge is 0.390 e. The van der Waals surface area contributed by atoms with Crippen LogP contribution in [-0.4, -0.2) is 34.9 Å². The Morgan fingerprint density at radius 1 is 1.18 bits per heavy atom. The van der Waals surface area contributed by atoms with Gasteiger partial charge in [-0.05, 0) is 62.0 Å². The smallest absolute Gasteiger partial charge is 0.261 e. The molecule has 0 radical (unpaired) electrons. The highest BCUT2D eigenvalue weighted by Crippen LogP contribution is 2.70. The number of aromatic nitrogens is 5. The molecule has 9 heteroatoms. The van der Waals surface area contributed by atoms with Crippen molar-refractivity contribution >= 4 is 22.1 Å². The third-order valence-corrected chi connectivity index (χ3v) is 8.27. The van der Waals surface area contributed by atoms with Gasteiger partial charge in [0.2, 0.25) is 0 Å². The van der Waals surface area contributed by atoms with Crippen LogP contribution in [0.1, 0.15) is 57.7 Å². The lowest BCUT2D eigenvalue weighted by atomic mass is 9.40. The molecule has 1 aromatic carbocycles. The van der Waals surface area contributed by atoms with Crippen molar-refractivity contribution in [1.29, 1.82) is 0 Å². The SMILES string of the molecule is CC1(O)CC(c2nc(-c3ccc4ccn(C56CC(C)(C5)C6)c(=O)c4c3F)c3c(N)ncnn23)C1. The molecule has 4 saturated carbocycles. The first-order chi connectivity index (χ1) is 16.1. The molecule has 4 aromatic rings. The highest BCUT2D eigenvalue weighted by molar-refractivity contribution is 5.92. The number of halogens is 1. The predicted octanol–water partition coefficient (Wildman–Crippen LogP) is 3.36. The first-order valence-corrected chi connectivity index (χ1v) is 11.7. The van der Waals surface area contributed by atoms with Crippen molar-refractivity contribution in [3.8, 4) is 11.3 Å². The summed E-state index contributed by atoms with van der Waals surface area (Å²) in [5.74, 6) is 0.154. The van der Waals surface area contributed by atoms with Gasteiger partial charge < -0.3 is 15.4 Å². The molecule has 2 bridgehead atoms. The van der Waals surface area contributed by atoms with Crippen LogP contribution in [0.3, 0.4) is 0 Å². The Morgan fingerprint density at radius 2 is 1.91 bits per heavy atom. The molecule has 3 heterocycles. The van der Waals surface area contributed by atoms with E-state index in [1.54, 1.807) is 34.3 Å². The highest BCUT2D eigenvalue weighted by atomic mass is 19.1. The Morgan fingerprint density at radius 3 is 2.59 bits per heavy atom. The number of aliphatic hydroxyl groups is 1. The number of nitrogen functional groups attached to an aromatic ring is 1. The fraction of sp³-hybridized carbons (Fsp3) is 0.440. The van der Waals surface area contributed by atoms with E-state index >= 15 is 4.39 Å². The summed E-state index contributed by atoms with van der Waals surface area (Å²) in [5, 5.41) is 15.2. The molecule has 3 N–H and O–H groups in total. The van der Waals surface area contributed by atoms with Gasteiger partial charge in [0.15, 0.2) is 5.82 Å². The maximum absolute atomic E-state index is 16.1. The first kappa shape index (κ1) is 20.1. The van der Waals surface area contributed by atoms with Crippen molar-refractivity contribution < 1.29 is 9.50 Å². The molecule has 34 heavy (non-hydrogen) atoms. The van der Waals surface area contributed by atoms with Crippen molar-refractivity contribution in [3.05, 3.63) is 52.7 Å². The van der Waals surface area contributed by atoms with Crippen LogP contribution in [0.2, 0.25) is 0 Å². The molecule has 4 aliphatic carbocycles. The van der Waals surface area contributed by atoms with Gasteiger partial charge in [-0.25, -0.2) is 18.9 Å². The summed E-state index contributed by atoms with van der Waals surface area (Å²) < 4.78 is 19.4. The molecule has 0 atom stereocenters. The standard InChI is InChI=1S/C25H25FN6O2/c1-23-9-25(10-23,11-23)31-6-5-13-3-4-15(17(26)16(13)22(31)33)18-19-20(27)28-12-29-32(19)21(30-18)14-7-24(2,34)8-14/h3-6,12,14,34H,7-11H2,1-2H3,(H2,27,28,29). The molecule has 8 rings (SSSR count). The molecule has 174 valence electrons. The molecule has 0 unspecified atom stereocenters. The zero-order chi connectivity index (χ0) is 23.6. The van der Waals surface area contributed by atoms with E-state index in [-0.39, 0.29) is 33.8 Å². The number of benzene rings is 1. The number of rotatable bonds is 3. The van der Waals surface area contributed by atoms with E-state index in [0.717, 1.165) is 19.3 Å². The predicted molar refractivity (Wildman–Crippen MR) is 125 cm³/mol. The summed E-state index contributed by atoms with van der Waals surface area (Å²) in [7, 11) is 0. The van der Waals surface area contributed by atoms with Gasteiger partial charge in [0.25, 0.3) is 5.56 Å². The Kier molecular flexibility index (Phi) is 3.55. The summed E-state index contributed by atoms with van der Waals surface area (Å²) in [6, 6.07) is 5.21. The van der Waals surface area contributed by atoms with Crippen LogP contribution in [0.5, 0.6) is 0 Å². The second kappa shape index (κ2) is 6.02. The van der Waals surface area contributed by atoms with E-state index in [0.29, 0.717) is 40.7 Å². The van der Waals surface area contributed by atoms with Crippen LogP contribution in [0.25, 0.3) is 27.5 Å². The third kappa shape index (κ3) is 2.45. The molecular formula is C25H25FN6O2. The molecule has 0 aliphatic heterocycles. The zero-order valence-electron chi connectivity index (χ0n) is 19.0. The van der Waals surface area contributed by atoms with Crippen molar-refractivity contribution in [3.63, 3.8) is 0 Å². The van der Waals surface area contributed by atoms with Crippen LogP contribution in [-0.2, 0) is 5.54 Å². The molecular weight excluding hydrogens is 435 g/mol. The monoisotopic (exact) mass is 460 g/mol. The number of hydrogen-bond donors (Lipinski definition) is 2. The number of nitrogens with two attached hydrogens (primary N) is 1. The van der Waals surface area contributed by atoms with Crippen molar-refractivity contribution in [2.75, 3.05) is 5.73 Å². The van der Waals surface area contributed by atoms with Crippen molar-refractivity contribution in [2.24, 2.45) is 5.41 Å². The van der Waals surface area contributed by atoms with Gasteiger partial charge in [0.05, 0.1) is 11.0 Å². The molecule has 0 spiro atoms. The van der Waals surface area contributed by atoms with Crippen LogP contribution in [0.4, 0.5) is 10.2 Å². The summed E-state index contributed by atoms with van der Waals surface area (Å²) in [6.07, 6.45) is 7.08. The lowest BCUT2D eigenvalue weighted by molar-refractivity contribution is -0.175. The molecule has 0 saturated heterocycles. The normalized spacial score (nSPS) is 31.8. The van der Waals surface area contributed by atoms with Gasteiger partial charge in [-0.3, -0.25) is 4.79 Å². The second-order valence-electron chi connectivity index (χ2n) is 11.3. The fourth-order valence-corrected chi connectivity index (χ4v) is 6.94. The third-order valence-electron chi connectivity index (χ3n) is 8.27. The lowest BCUT2D eigenvalue weighted by Crippen LogP contribution is -2.68. The second-order valence-corrected chi connectivity index (χ2v) is 11.3. The summed E-state index contributed by atoms with van der Waals surface area (Å²) in [4.78, 5) is 22.3. The van der Waals surface area contributed by atoms with Crippen molar-refractivity contribution in [1.82, 2.24) is 24.1 Å². The van der Waals surface area contributed by atoms with E-state index in [1.807, 2.05) is 6.07 Å². The van der Waals surface area contributed by atoms with E-state index in [2.05, 4.69) is 17.0 Å². The molecule has 3 aromatic heterocycles. The van der Waals surface area contributed by atoms with Crippen LogP contribution >= 0.6 is 0 Å². The quantitative estimate of drug-likeness (QED) is 0.485. The molecule has 0 amide bonds. The van der Waals surface area contributed by atoms with Gasteiger partial charge in [0, 0.05) is 23.2 Å². The number of nitrogens with zero attached hydrogens (tertiary/aromatic N) is 5. The summed E-state index contributed by atoms with van der Waals surface area (Å²) in [6.45, 7) is 4.01. The van der Waals surface area contributed by atoms with E-state index < -0.39 is 11.4 Å². The van der Waals surface area contributed by atoms with Gasteiger partial charge >= 0.3 is 0 Å². The fourth-order valence-electron chi connectivity index (χ4n) is 6.94. The maximum Gasteiger partial charge on any atom is 0.261 e. The minimum absolute atomic E-state index is 0.0306. The van der Waals surface area contributed by atoms with E-state index in [9.17, 15) is 9.90 Å². The average Bonchev–Trinajstić information content (AvgIpc) is 3.10. The molecule has 4 fully saturated rings.